The SMILES string of the molecule is CC([O-])=N/N=C\c1ccccn1. The summed E-state index contributed by atoms with van der Waals surface area (Å²) in [6.07, 6.45) is 3.08. The zero-order valence-corrected chi connectivity index (χ0v) is 6.64. The zero-order valence-electron chi connectivity index (χ0n) is 6.64. The lowest BCUT2D eigenvalue weighted by molar-refractivity contribution is -0.216. The first-order chi connectivity index (χ1) is 5.79. The highest BCUT2D eigenvalue weighted by atomic mass is 16.3. The Balaban J connectivity index is 2.64. The van der Waals surface area contributed by atoms with Gasteiger partial charge in [-0.3, -0.25) is 4.98 Å². The molecule has 0 radical (unpaired) electrons. The van der Waals surface area contributed by atoms with Crippen molar-refractivity contribution in [3.8, 4) is 0 Å². The van der Waals surface area contributed by atoms with Crippen LogP contribution in [0.25, 0.3) is 0 Å². The lowest BCUT2D eigenvalue weighted by atomic mass is 10.4. The number of aromatic nitrogens is 1. The third-order valence-electron chi connectivity index (χ3n) is 1.08. The van der Waals surface area contributed by atoms with Gasteiger partial charge in [-0.2, -0.15) is 10.2 Å². The molecule has 1 heterocycles. The molecular weight excluding hydrogens is 154 g/mol. The van der Waals surface area contributed by atoms with Crippen LogP contribution in [0.5, 0.6) is 0 Å². The molecule has 4 heteroatoms. The summed E-state index contributed by atoms with van der Waals surface area (Å²) >= 11 is 0. The van der Waals surface area contributed by atoms with Crippen LogP contribution in [0.2, 0.25) is 0 Å². The first-order valence-electron chi connectivity index (χ1n) is 3.45. The zero-order chi connectivity index (χ0) is 8.81. The van der Waals surface area contributed by atoms with Crippen molar-refractivity contribution >= 4 is 12.1 Å². The van der Waals surface area contributed by atoms with Crippen LogP contribution in [0.15, 0.2) is 34.6 Å². The van der Waals surface area contributed by atoms with Gasteiger partial charge in [0.05, 0.1) is 11.9 Å². The van der Waals surface area contributed by atoms with Crippen LogP contribution >= 0.6 is 0 Å². The Morgan fingerprint density at radius 2 is 2.42 bits per heavy atom. The second-order valence-electron chi connectivity index (χ2n) is 2.12. The summed E-state index contributed by atoms with van der Waals surface area (Å²) in [5.41, 5.74) is 0.683. The molecule has 0 aliphatic heterocycles. The van der Waals surface area contributed by atoms with Crippen molar-refractivity contribution in [2.75, 3.05) is 0 Å². The van der Waals surface area contributed by atoms with Gasteiger partial charge in [-0.25, -0.2) is 0 Å². The van der Waals surface area contributed by atoms with Crippen LogP contribution < -0.4 is 5.11 Å². The fraction of sp³-hybridized carbons (Fsp3) is 0.125. The highest BCUT2D eigenvalue weighted by Gasteiger charge is 1.82. The summed E-state index contributed by atoms with van der Waals surface area (Å²) in [5.74, 6) is -0.317. The highest BCUT2D eigenvalue weighted by molar-refractivity contribution is 5.77. The molecule has 0 N–H and O–H groups in total. The minimum Gasteiger partial charge on any atom is -0.861 e. The Bertz CT molecular complexity index is 288. The van der Waals surface area contributed by atoms with E-state index in [-0.39, 0.29) is 5.90 Å². The molecule has 0 bridgehead atoms. The Kier molecular flexibility index (Phi) is 2.95. The van der Waals surface area contributed by atoms with E-state index in [1.54, 1.807) is 18.3 Å². The molecule has 1 aromatic heterocycles. The molecule has 0 amide bonds. The van der Waals surface area contributed by atoms with Crippen molar-refractivity contribution in [3.05, 3.63) is 30.1 Å². The smallest absolute Gasteiger partial charge is 0.0831 e. The number of nitrogens with zero attached hydrogens (tertiary/aromatic N) is 3. The average molecular weight is 162 g/mol. The number of hydrogen-bond acceptors (Lipinski definition) is 4. The molecule has 0 unspecified atom stereocenters. The third-order valence-corrected chi connectivity index (χ3v) is 1.08. The van der Waals surface area contributed by atoms with E-state index in [1.165, 1.54) is 13.1 Å². The molecule has 4 nitrogen and oxygen atoms in total. The normalized spacial score (nSPS) is 12.2. The van der Waals surface area contributed by atoms with Crippen LogP contribution in [-0.2, 0) is 0 Å². The van der Waals surface area contributed by atoms with Gasteiger partial charge in [-0.1, -0.05) is 6.07 Å². The second kappa shape index (κ2) is 4.23. The van der Waals surface area contributed by atoms with Crippen molar-refractivity contribution in [3.63, 3.8) is 0 Å². The van der Waals surface area contributed by atoms with Crippen LogP contribution in [-0.4, -0.2) is 17.1 Å². The van der Waals surface area contributed by atoms with Gasteiger partial charge in [0.2, 0.25) is 0 Å². The molecule has 0 saturated carbocycles. The summed E-state index contributed by atoms with van der Waals surface area (Å²) in [6, 6.07) is 5.42. The standard InChI is InChI=1S/C8H9N3O/c1-7(12)11-10-6-8-4-2-3-5-9-8/h2-6H,1H3,(H,11,12)/p-1/b10-6-. The van der Waals surface area contributed by atoms with Crippen molar-refractivity contribution in [1.82, 2.24) is 4.98 Å². The topological polar surface area (TPSA) is 60.7 Å². The molecule has 0 aliphatic rings. The Labute approximate surface area is 70.3 Å². The second-order valence-corrected chi connectivity index (χ2v) is 2.12. The maximum atomic E-state index is 10.3. The van der Waals surface area contributed by atoms with Crippen molar-refractivity contribution in [2.45, 2.75) is 6.92 Å². The molecule has 0 aliphatic carbocycles. The molecule has 62 valence electrons. The predicted molar refractivity (Wildman–Crippen MR) is 44.9 cm³/mol. The number of pyridine rings is 1. The Hall–Kier alpha value is -1.71. The summed E-state index contributed by atoms with van der Waals surface area (Å²) in [4.78, 5) is 3.95. The first kappa shape index (κ1) is 8.39. The van der Waals surface area contributed by atoms with Gasteiger partial charge in [0.25, 0.3) is 0 Å². The van der Waals surface area contributed by atoms with Crippen LogP contribution in [0.3, 0.4) is 0 Å². The molecule has 12 heavy (non-hydrogen) atoms. The van der Waals surface area contributed by atoms with E-state index in [1.807, 2.05) is 6.07 Å². The summed E-state index contributed by atoms with van der Waals surface area (Å²) in [5, 5.41) is 17.2. The van der Waals surface area contributed by atoms with Gasteiger partial charge >= 0.3 is 0 Å². The maximum Gasteiger partial charge on any atom is 0.0831 e. The van der Waals surface area contributed by atoms with Crippen LogP contribution in [0.1, 0.15) is 12.6 Å². The van der Waals surface area contributed by atoms with Gasteiger partial charge in [-0.15, -0.1) is 0 Å². The molecule has 0 saturated heterocycles. The minimum absolute atomic E-state index is 0.317. The Morgan fingerprint density at radius 1 is 1.58 bits per heavy atom. The summed E-state index contributed by atoms with van der Waals surface area (Å²) in [6.45, 7) is 1.34. The molecule has 0 fully saturated rings. The van der Waals surface area contributed by atoms with Crippen molar-refractivity contribution < 1.29 is 5.11 Å². The lowest BCUT2D eigenvalue weighted by Gasteiger charge is -1.95. The van der Waals surface area contributed by atoms with E-state index in [4.69, 9.17) is 0 Å². The number of hydrogen-bond donors (Lipinski definition) is 0. The molecule has 1 rings (SSSR count). The van der Waals surface area contributed by atoms with E-state index in [0.717, 1.165) is 0 Å². The van der Waals surface area contributed by atoms with E-state index in [2.05, 4.69) is 15.2 Å². The maximum absolute atomic E-state index is 10.3. The predicted octanol–water partition coefficient (Wildman–Crippen LogP) is 0.194. The van der Waals surface area contributed by atoms with E-state index in [0.29, 0.717) is 5.69 Å². The molecule has 0 aromatic carbocycles. The monoisotopic (exact) mass is 162 g/mol. The van der Waals surface area contributed by atoms with Crippen LogP contribution in [0, 0.1) is 0 Å². The van der Waals surface area contributed by atoms with Gasteiger partial charge in [0, 0.05) is 6.20 Å². The molecule has 0 spiro atoms. The quantitative estimate of drug-likeness (QED) is 0.354. The fourth-order valence-corrected chi connectivity index (χ4v) is 0.622. The molecule has 0 atom stereocenters. The van der Waals surface area contributed by atoms with E-state index >= 15 is 0 Å². The summed E-state index contributed by atoms with van der Waals surface area (Å²) < 4.78 is 0. The number of rotatable bonds is 2. The Morgan fingerprint density at radius 3 is 3.00 bits per heavy atom. The third kappa shape index (κ3) is 2.92. The van der Waals surface area contributed by atoms with Crippen LogP contribution in [0.4, 0.5) is 0 Å². The first-order valence-corrected chi connectivity index (χ1v) is 3.45. The highest BCUT2D eigenvalue weighted by Crippen LogP contribution is 1.88. The van der Waals surface area contributed by atoms with Gasteiger partial charge in [-0.05, 0) is 25.0 Å². The fourth-order valence-electron chi connectivity index (χ4n) is 0.622. The van der Waals surface area contributed by atoms with Gasteiger partial charge in [0.15, 0.2) is 0 Å². The van der Waals surface area contributed by atoms with Crippen molar-refractivity contribution in [2.24, 2.45) is 10.2 Å². The van der Waals surface area contributed by atoms with Gasteiger partial charge < -0.3 is 5.11 Å². The minimum atomic E-state index is -0.317. The lowest BCUT2D eigenvalue weighted by Crippen LogP contribution is -2.10. The van der Waals surface area contributed by atoms with Crippen molar-refractivity contribution in [1.29, 1.82) is 0 Å². The summed E-state index contributed by atoms with van der Waals surface area (Å²) in [7, 11) is 0. The molecular formula is C8H8N3O-. The largest absolute Gasteiger partial charge is 0.861 e. The van der Waals surface area contributed by atoms with Gasteiger partial charge in [0.1, 0.15) is 0 Å². The van der Waals surface area contributed by atoms with E-state index < -0.39 is 0 Å². The average Bonchev–Trinajstić information content (AvgIpc) is 2.05. The van der Waals surface area contributed by atoms with E-state index in [9.17, 15) is 5.11 Å². The molecule has 1 aromatic rings.